The Morgan fingerprint density at radius 2 is 2.00 bits per heavy atom. The van der Waals surface area contributed by atoms with Gasteiger partial charge in [0, 0.05) is 34.9 Å². The van der Waals surface area contributed by atoms with E-state index in [9.17, 15) is 13.2 Å². The largest absolute Gasteiger partial charge is 0.341 e. The Morgan fingerprint density at radius 1 is 1.40 bits per heavy atom. The molecule has 2 rings (SSSR count). The maximum atomic E-state index is 12.4. The third-order valence-electron chi connectivity index (χ3n) is 3.41. The summed E-state index contributed by atoms with van der Waals surface area (Å²) >= 11 is 6.00. The number of benzene rings is 1. The van der Waals surface area contributed by atoms with Crippen LogP contribution < -0.4 is 0 Å². The second-order valence-corrected chi connectivity index (χ2v) is 8.12. The summed E-state index contributed by atoms with van der Waals surface area (Å²) in [5.74, 6) is 0.318. The molecule has 0 aliphatic heterocycles. The third-order valence-corrected chi connectivity index (χ3v) is 5.13. The molecule has 0 heterocycles. The van der Waals surface area contributed by atoms with Crippen molar-refractivity contribution in [1.29, 1.82) is 0 Å². The molecule has 1 aromatic rings. The molecule has 0 bridgehead atoms. The average molecular weight is 336 g/mol. The minimum absolute atomic E-state index is 0.155. The fraction of sp³-hybridized carbons (Fsp3) is 0.462. The molecule has 7 heteroatoms. The predicted octanol–water partition coefficient (Wildman–Crippen LogP) is 3.06. The standard InChI is InChI=1S/C13H15Cl2NO3S/c1-8-11(13(17)16(2)7-9-3-4-9)5-10(6-12(8)14)20(15,18)19/h5-6,9H,3-4,7H2,1-2H3. The highest BCUT2D eigenvalue weighted by Gasteiger charge is 2.27. The van der Waals surface area contributed by atoms with Crippen LogP contribution >= 0.6 is 22.3 Å². The number of hydrogen-bond donors (Lipinski definition) is 0. The van der Waals surface area contributed by atoms with Crippen molar-refractivity contribution in [2.24, 2.45) is 5.92 Å². The Balaban J connectivity index is 2.38. The lowest BCUT2D eigenvalue weighted by molar-refractivity contribution is 0.0787. The lowest BCUT2D eigenvalue weighted by Gasteiger charge is -2.19. The molecule has 0 atom stereocenters. The first-order valence-corrected chi connectivity index (χ1v) is 8.89. The van der Waals surface area contributed by atoms with Crippen LogP contribution in [-0.4, -0.2) is 32.8 Å². The molecule has 1 fully saturated rings. The van der Waals surface area contributed by atoms with Crippen LogP contribution in [0.25, 0.3) is 0 Å². The highest BCUT2D eigenvalue weighted by molar-refractivity contribution is 8.13. The first-order chi connectivity index (χ1) is 9.20. The Bertz CT molecular complexity index is 654. The van der Waals surface area contributed by atoms with Crippen molar-refractivity contribution < 1.29 is 13.2 Å². The van der Waals surface area contributed by atoms with Crippen molar-refractivity contribution in [2.45, 2.75) is 24.7 Å². The van der Waals surface area contributed by atoms with Gasteiger partial charge in [0.1, 0.15) is 0 Å². The van der Waals surface area contributed by atoms with Crippen molar-refractivity contribution >= 4 is 37.2 Å². The number of amides is 1. The van der Waals surface area contributed by atoms with E-state index in [0.717, 1.165) is 12.8 Å². The SMILES string of the molecule is Cc1c(Cl)cc(S(=O)(=O)Cl)cc1C(=O)N(C)CC1CC1. The van der Waals surface area contributed by atoms with Gasteiger partial charge in [-0.25, -0.2) is 8.42 Å². The van der Waals surface area contributed by atoms with Gasteiger partial charge in [-0.1, -0.05) is 11.6 Å². The van der Waals surface area contributed by atoms with Crippen molar-refractivity contribution in [1.82, 2.24) is 4.90 Å². The lowest BCUT2D eigenvalue weighted by Crippen LogP contribution is -2.29. The molecule has 0 unspecified atom stereocenters. The summed E-state index contributed by atoms with van der Waals surface area (Å²) in [6, 6.07) is 2.55. The third kappa shape index (κ3) is 3.45. The Labute approximate surface area is 128 Å². The van der Waals surface area contributed by atoms with Crippen LogP contribution in [-0.2, 0) is 9.05 Å². The quantitative estimate of drug-likeness (QED) is 0.794. The lowest BCUT2D eigenvalue weighted by atomic mass is 10.1. The minimum atomic E-state index is -3.92. The molecular weight excluding hydrogens is 321 g/mol. The van der Waals surface area contributed by atoms with E-state index in [1.54, 1.807) is 18.9 Å². The molecule has 20 heavy (non-hydrogen) atoms. The van der Waals surface area contributed by atoms with Crippen LogP contribution in [0.15, 0.2) is 17.0 Å². The zero-order chi connectivity index (χ0) is 15.1. The molecule has 110 valence electrons. The zero-order valence-electron chi connectivity index (χ0n) is 11.2. The summed E-state index contributed by atoms with van der Waals surface area (Å²) in [7, 11) is 3.11. The van der Waals surface area contributed by atoms with E-state index < -0.39 is 9.05 Å². The molecule has 1 aliphatic carbocycles. The second-order valence-electron chi connectivity index (χ2n) is 5.14. The summed E-state index contributed by atoms with van der Waals surface area (Å²) in [6.07, 6.45) is 2.26. The number of nitrogens with zero attached hydrogens (tertiary/aromatic N) is 1. The van der Waals surface area contributed by atoms with E-state index in [-0.39, 0.29) is 21.4 Å². The molecule has 1 aromatic carbocycles. The molecule has 0 saturated heterocycles. The van der Waals surface area contributed by atoms with E-state index in [2.05, 4.69) is 0 Å². The van der Waals surface area contributed by atoms with E-state index >= 15 is 0 Å². The second kappa shape index (κ2) is 5.54. The van der Waals surface area contributed by atoms with E-state index in [4.69, 9.17) is 22.3 Å². The first-order valence-electron chi connectivity index (χ1n) is 6.20. The first kappa shape index (κ1) is 15.6. The molecule has 0 spiro atoms. The zero-order valence-corrected chi connectivity index (χ0v) is 13.5. The van der Waals surface area contributed by atoms with Crippen molar-refractivity contribution in [3.8, 4) is 0 Å². The van der Waals surface area contributed by atoms with Gasteiger partial charge >= 0.3 is 0 Å². The molecule has 0 N–H and O–H groups in total. The fourth-order valence-corrected chi connectivity index (χ4v) is 3.06. The van der Waals surface area contributed by atoms with Crippen LogP contribution in [0.3, 0.4) is 0 Å². The van der Waals surface area contributed by atoms with Crippen molar-refractivity contribution in [3.05, 3.63) is 28.3 Å². The number of carbonyl (C=O) groups excluding carboxylic acids is 1. The number of halogens is 2. The molecule has 1 saturated carbocycles. The number of hydrogen-bond acceptors (Lipinski definition) is 3. The van der Waals surface area contributed by atoms with E-state index in [0.29, 0.717) is 18.0 Å². The Morgan fingerprint density at radius 3 is 2.50 bits per heavy atom. The number of carbonyl (C=O) groups is 1. The van der Waals surface area contributed by atoms with Crippen molar-refractivity contribution in [3.63, 3.8) is 0 Å². The topological polar surface area (TPSA) is 54.5 Å². The summed E-state index contributed by atoms with van der Waals surface area (Å²) in [5, 5.41) is 0.217. The smallest absolute Gasteiger partial charge is 0.261 e. The maximum Gasteiger partial charge on any atom is 0.261 e. The normalized spacial score (nSPS) is 15.2. The Hall–Kier alpha value is -0.780. The van der Waals surface area contributed by atoms with Crippen molar-refractivity contribution in [2.75, 3.05) is 13.6 Å². The summed E-state index contributed by atoms with van der Waals surface area (Å²) < 4.78 is 22.8. The van der Waals surface area contributed by atoms with Gasteiger partial charge in [0.2, 0.25) is 0 Å². The van der Waals surface area contributed by atoms with Crippen LogP contribution in [0.4, 0.5) is 0 Å². The van der Waals surface area contributed by atoms with Gasteiger partial charge in [-0.15, -0.1) is 0 Å². The van der Waals surface area contributed by atoms with Crippen LogP contribution in [0.1, 0.15) is 28.8 Å². The van der Waals surface area contributed by atoms with E-state index in [1.165, 1.54) is 12.1 Å². The fourth-order valence-electron chi connectivity index (χ4n) is 1.99. The van der Waals surface area contributed by atoms with Crippen LogP contribution in [0.2, 0.25) is 5.02 Å². The predicted molar refractivity (Wildman–Crippen MR) is 78.9 cm³/mol. The average Bonchev–Trinajstić information content (AvgIpc) is 3.14. The molecule has 1 amide bonds. The molecule has 1 aliphatic rings. The van der Waals surface area contributed by atoms with Gasteiger partial charge in [-0.05, 0) is 43.4 Å². The molecule has 0 aromatic heterocycles. The molecule has 0 radical (unpaired) electrons. The van der Waals surface area contributed by atoms with Gasteiger partial charge < -0.3 is 4.90 Å². The summed E-state index contributed by atoms with van der Waals surface area (Å²) in [5.41, 5.74) is 0.836. The summed E-state index contributed by atoms with van der Waals surface area (Å²) in [6.45, 7) is 2.36. The highest BCUT2D eigenvalue weighted by Crippen LogP contribution is 2.31. The van der Waals surface area contributed by atoms with Gasteiger partial charge in [0.25, 0.3) is 15.0 Å². The monoisotopic (exact) mass is 335 g/mol. The minimum Gasteiger partial charge on any atom is -0.341 e. The van der Waals surface area contributed by atoms with Gasteiger partial charge in [0.05, 0.1) is 4.90 Å². The van der Waals surface area contributed by atoms with Gasteiger partial charge in [0.15, 0.2) is 0 Å². The van der Waals surface area contributed by atoms with E-state index in [1.807, 2.05) is 0 Å². The number of rotatable bonds is 4. The van der Waals surface area contributed by atoms with Crippen LogP contribution in [0.5, 0.6) is 0 Å². The van der Waals surface area contributed by atoms with Gasteiger partial charge in [-0.2, -0.15) is 0 Å². The molecular formula is C13H15Cl2NO3S. The maximum absolute atomic E-state index is 12.4. The Kier molecular flexibility index (Phi) is 4.33. The van der Waals surface area contributed by atoms with Gasteiger partial charge in [-0.3, -0.25) is 4.79 Å². The van der Waals surface area contributed by atoms with Crippen LogP contribution in [0, 0.1) is 12.8 Å². The summed E-state index contributed by atoms with van der Waals surface area (Å²) in [4.78, 5) is 13.8. The molecule has 4 nitrogen and oxygen atoms in total. The highest BCUT2D eigenvalue weighted by atomic mass is 35.7.